The molecule has 0 radical (unpaired) electrons. The Labute approximate surface area is 298 Å². The largest absolute Gasteiger partial charge is 0.0622 e. The molecule has 8 heteroatoms. The van der Waals surface area contributed by atoms with Crippen LogP contribution in [0.5, 0.6) is 0 Å². The Bertz CT molecular complexity index is 1910. The Morgan fingerprint density at radius 2 is 0.457 bits per heavy atom. The van der Waals surface area contributed by atoms with Gasteiger partial charge in [-0.1, -0.05) is 182 Å². The molecule has 7 rings (SSSR count). The number of benzene rings is 6. The Hall–Kier alpha value is -1.74. The van der Waals surface area contributed by atoms with Gasteiger partial charge in [-0.3, -0.25) is 0 Å². The highest BCUT2D eigenvalue weighted by molar-refractivity contribution is 9.54. The lowest BCUT2D eigenvalue weighted by molar-refractivity contribution is 1.73. The van der Waals surface area contributed by atoms with Gasteiger partial charge in [0.1, 0.15) is 0 Å². The van der Waals surface area contributed by atoms with E-state index in [0.29, 0.717) is 0 Å². The first-order chi connectivity index (χ1) is 22.6. The average molecular weight is 881 g/mol. The highest BCUT2D eigenvalue weighted by atomic mass is 79.9. The summed E-state index contributed by atoms with van der Waals surface area (Å²) in [5.41, 5.74) is 0. The molecule has 0 bridgehead atoms. The number of hydrogen-bond donors (Lipinski definition) is 0. The van der Waals surface area contributed by atoms with E-state index in [-0.39, 0.29) is 0 Å². The summed E-state index contributed by atoms with van der Waals surface area (Å²) in [4.78, 5) is 0. The van der Waals surface area contributed by atoms with Crippen molar-refractivity contribution < 1.29 is 0 Å². The minimum absolute atomic E-state index is 0.730. The van der Waals surface area contributed by atoms with E-state index in [1.165, 1.54) is 31.8 Å². The van der Waals surface area contributed by atoms with Gasteiger partial charge in [-0.25, -0.2) is 0 Å². The molecule has 0 saturated carbocycles. The van der Waals surface area contributed by atoms with Gasteiger partial charge in [0.25, 0.3) is 0 Å². The van der Waals surface area contributed by atoms with Crippen LogP contribution >= 0.6 is 78.3 Å². The van der Waals surface area contributed by atoms with Crippen molar-refractivity contribution in [1.29, 1.82) is 0 Å². The van der Waals surface area contributed by atoms with Gasteiger partial charge in [0.05, 0.1) is 0 Å². The van der Waals surface area contributed by atoms with Crippen LogP contribution in [0.3, 0.4) is 0 Å². The molecule has 0 fully saturated rings. The standard InChI is InChI=1S/C38H30Br3P5/c39-42-37(45(31-19-7-1-8-20-31,32-21-9-2-10-22-32)33-23-11-3-12-24-33)43(40)44(41)38(42)46(34-25-13-4-14-26-34,35-27-15-5-16-28-35)36-29-17-6-18-30-36/h1-30H. The van der Waals surface area contributed by atoms with Crippen LogP contribution in [0, 0.1) is 8.81 Å². The molecule has 0 saturated heterocycles. The van der Waals surface area contributed by atoms with Crippen LogP contribution in [0.2, 0.25) is 0 Å². The summed E-state index contributed by atoms with van der Waals surface area (Å²) in [6, 6.07) is 67.9. The lowest BCUT2D eigenvalue weighted by Crippen LogP contribution is -2.26. The number of halogens is 3. The Morgan fingerprint density at radius 1 is 0.283 bits per heavy atom. The summed E-state index contributed by atoms with van der Waals surface area (Å²) >= 11 is 13.6. The third-order valence-corrected chi connectivity index (χ3v) is 50.4. The zero-order valence-electron chi connectivity index (χ0n) is 24.7. The summed E-state index contributed by atoms with van der Waals surface area (Å²) in [7, 11) is 0. The fourth-order valence-corrected chi connectivity index (χ4v) is 61.1. The topological polar surface area (TPSA) is 0 Å². The van der Waals surface area contributed by atoms with Crippen molar-refractivity contribution in [2.45, 2.75) is 0 Å². The molecule has 0 N–H and O–H groups in total. The smallest absolute Gasteiger partial charge is 0.0489 e. The van der Waals surface area contributed by atoms with Crippen LogP contribution in [-0.4, -0.2) is 0 Å². The van der Waals surface area contributed by atoms with Crippen molar-refractivity contribution >= 4 is 110 Å². The Balaban J connectivity index is 1.91. The fourth-order valence-electron chi connectivity index (χ4n) is 6.40. The lowest BCUT2D eigenvalue weighted by atomic mass is 10.4. The van der Waals surface area contributed by atoms with Crippen molar-refractivity contribution in [2.75, 3.05) is 0 Å². The first kappa shape index (κ1) is 32.8. The minimum Gasteiger partial charge on any atom is -0.0622 e. The molecule has 0 amide bonds. The molecule has 0 nitrogen and oxygen atoms in total. The molecule has 0 spiro atoms. The fraction of sp³-hybridized carbons (Fsp3) is 0. The molecule has 1 heterocycles. The van der Waals surface area contributed by atoms with E-state index in [2.05, 4.69) is 228 Å². The molecule has 7 aromatic rings. The van der Waals surface area contributed by atoms with Gasteiger partial charge in [-0.05, 0) is 110 Å². The summed E-state index contributed by atoms with van der Waals surface area (Å²) in [5, 5.41) is 8.43. The van der Waals surface area contributed by atoms with Crippen LogP contribution in [0.4, 0.5) is 0 Å². The molecule has 228 valence electrons. The molecule has 6 aromatic carbocycles. The van der Waals surface area contributed by atoms with Crippen LogP contribution in [0.15, 0.2) is 182 Å². The maximum absolute atomic E-state index is 4.63. The van der Waals surface area contributed by atoms with Gasteiger partial charge in [0, 0.05) is 8.81 Å². The highest BCUT2D eigenvalue weighted by Crippen LogP contribution is 2.79. The van der Waals surface area contributed by atoms with Crippen LogP contribution in [-0.2, 0) is 0 Å². The van der Waals surface area contributed by atoms with Gasteiger partial charge in [0.15, 0.2) is 0 Å². The third kappa shape index (κ3) is 5.51. The second-order valence-corrected chi connectivity index (χ2v) is 35.0. The van der Waals surface area contributed by atoms with Gasteiger partial charge in [-0.15, -0.1) is 0 Å². The monoisotopic (exact) mass is 878 g/mol. The average Bonchev–Trinajstić information content (AvgIpc) is 3.36. The number of hydrogen-bond acceptors (Lipinski definition) is 0. The SMILES string of the molecule is Brp1c(=P(c2ccccc2)(c2ccccc2)c2ccccc2)p(Br)p(Br)c1=P(c1ccccc1)(c1ccccc1)c1ccccc1. The Morgan fingerprint density at radius 3 is 0.630 bits per heavy atom. The van der Waals surface area contributed by atoms with Crippen molar-refractivity contribution in [2.24, 2.45) is 0 Å². The number of rotatable bonds is 6. The van der Waals surface area contributed by atoms with Crippen molar-refractivity contribution in [3.05, 3.63) is 191 Å². The maximum Gasteiger partial charge on any atom is 0.0489 e. The Kier molecular flexibility index (Phi) is 10.3. The first-order valence-electron chi connectivity index (χ1n) is 14.9. The van der Waals surface area contributed by atoms with E-state index >= 15 is 0 Å². The van der Waals surface area contributed by atoms with E-state index < -0.39 is 31.8 Å². The lowest BCUT2D eigenvalue weighted by Gasteiger charge is -2.30. The second kappa shape index (κ2) is 14.4. The molecule has 0 aliphatic heterocycles. The first-order valence-corrected chi connectivity index (χ1v) is 29.2. The second-order valence-electron chi connectivity index (χ2n) is 10.8. The maximum atomic E-state index is 4.63. The van der Waals surface area contributed by atoms with Crippen molar-refractivity contribution in [1.82, 2.24) is 0 Å². The molecule has 46 heavy (non-hydrogen) atoms. The van der Waals surface area contributed by atoms with Crippen molar-refractivity contribution in [3.63, 3.8) is 0 Å². The zero-order valence-corrected chi connectivity index (χ0v) is 33.9. The molecular weight excluding hydrogens is 851 g/mol. The van der Waals surface area contributed by atoms with Gasteiger partial charge >= 0.3 is 0 Å². The van der Waals surface area contributed by atoms with Gasteiger partial charge < -0.3 is 0 Å². The third-order valence-electron chi connectivity index (χ3n) is 8.30. The van der Waals surface area contributed by atoms with Crippen LogP contribution in [0.1, 0.15) is 0 Å². The summed E-state index contributed by atoms with van der Waals surface area (Å²) in [5.74, 6) is -1.46. The van der Waals surface area contributed by atoms with Crippen molar-refractivity contribution in [3.8, 4) is 0 Å². The molecule has 2 unspecified atom stereocenters. The summed E-state index contributed by atoms with van der Waals surface area (Å²) in [6.07, 6.45) is -0.880. The molecule has 1 aromatic heterocycles. The molecular formula is C38H30Br3P5. The van der Waals surface area contributed by atoms with E-state index in [9.17, 15) is 0 Å². The van der Waals surface area contributed by atoms with Crippen LogP contribution < -0.4 is 31.8 Å². The normalized spacial score (nSPS) is 13.0. The van der Waals surface area contributed by atoms with Crippen LogP contribution in [0.25, 0.3) is 0 Å². The quantitative estimate of drug-likeness (QED) is 0.146. The van der Waals surface area contributed by atoms with Gasteiger partial charge in [0.2, 0.25) is 0 Å². The zero-order chi connectivity index (χ0) is 31.6. The van der Waals surface area contributed by atoms with E-state index in [4.69, 9.17) is 0 Å². The predicted molar refractivity (Wildman–Crippen MR) is 224 cm³/mol. The molecule has 0 aliphatic rings. The highest BCUT2D eigenvalue weighted by Gasteiger charge is 2.34. The van der Waals surface area contributed by atoms with Gasteiger partial charge in [-0.2, -0.15) is 0 Å². The summed E-state index contributed by atoms with van der Waals surface area (Å²) < 4.78 is 3.29. The van der Waals surface area contributed by atoms with E-state index in [0.717, 1.165) is 0 Å². The molecule has 2 atom stereocenters. The predicted octanol–water partition coefficient (Wildman–Crippen LogP) is 12.2. The summed E-state index contributed by atoms with van der Waals surface area (Å²) in [6.45, 7) is -4.54. The molecule has 0 aliphatic carbocycles. The minimum atomic E-state index is -2.27. The van der Waals surface area contributed by atoms with E-state index in [1.54, 1.807) is 8.81 Å². The van der Waals surface area contributed by atoms with E-state index in [1.807, 2.05) is 0 Å².